The highest BCUT2D eigenvalue weighted by Gasteiger charge is 2.54. The molecule has 0 saturated carbocycles. The summed E-state index contributed by atoms with van der Waals surface area (Å²) in [5.74, 6) is -1.02. The third kappa shape index (κ3) is 3.43. The van der Waals surface area contributed by atoms with Gasteiger partial charge in [-0.15, -0.1) is 0 Å². The minimum absolute atomic E-state index is 0.159. The third-order valence-corrected chi connectivity index (χ3v) is 4.16. The van der Waals surface area contributed by atoms with Gasteiger partial charge in [-0.25, -0.2) is 4.79 Å². The molecule has 0 spiro atoms. The number of ketones is 1. The average molecular weight is 350 g/mol. The highest BCUT2D eigenvalue weighted by atomic mass is 16.6. The first-order chi connectivity index (χ1) is 12.2. The van der Waals surface area contributed by atoms with E-state index >= 15 is 0 Å². The highest BCUT2D eigenvalue weighted by Crippen LogP contribution is 2.36. The van der Waals surface area contributed by atoms with E-state index in [9.17, 15) is 9.59 Å². The van der Waals surface area contributed by atoms with Gasteiger partial charge in [0, 0.05) is 12.0 Å². The van der Waals surface area contributed by atoms with Crippen LogP contribution in [0.5, 0.6) is 0 Å². The fraction of sp³-hybridized carbons (Fsp3) is 0.333. The van der Waals surface area contributed by atoms with Gasteiger partial charge in [0.15, 0.2) is 0 Å². The number of carbonyl (C=O) groups is 2. The Bertz CT molecular complexity index is 882. The lowest BCUT2D eigenvalue weighted by atomic mass is 9.95. The van der Waals surface area contributed by atoms with E-state index in [1.165, 1.54) is 0 Å². The first-order valence-electron chi connectivity index (χ1n) is 8.57. The van der Waals surface area contributed by atoms with Crippen LogP contribution < -0.4 is 0 Å². The van der Waals surface area contributed by atoms with Gasteiger partial charge in [0.1, 0.15) is 5.60 Å². The molecule has 0 fully saturated rings. The van der Waals surface area contributed by atoms with E-state index in [0.29, 0.717) is 11.3 Å². The van der Waals surface area contributed by atoms with Crippen molar-refractivity contribution in [2.24, 2.45) is 10.2 Å². The Balaban J connectivity index is 2.05. The number of Topliss-reactive ketones (excluding diaryl/α,β-unsaturated/α-hetero) is 1. The number of carbonyl (C=O) groups excluding carboxylic acids is 2. The van der Waals surface area contributed by atoms with Crippen LogP contribution in [0.1, 0.15) is 42.3 Å². The number of fused-ring (bicyclic) bond motifs is 1. The predicted octanol–water partition coefficient (Wildman–Crippen LogP) is 4.60. The standard InChI is InChI=1S/C21H22N2O3/c1-14-10-11-15-13-21(18(24)17(15)12-14,19(25)26-20(2,3)4)23-22-16-8-6-5-7-9-16/h5-12H,13H2,1-4H3/t21-/m1/s1. The summed E-state index contributed by atoms with van der Waals surface area (Å²) in [7, 11) is 0. The molecule has 0 aliphatic heterocycles. The monoisotopic (exact) mass is 350 g/mol. The molecule has 5 heteroatoms. The second-order valence-corrected chi connectivity index (χ2v) is 7.56. The molecular formula is C21H22N2O3. The van der Waals surface area contributed by atoms with Crippen molar-refractivity contribution in [3.8, 4) is 0 Å². The number of nitrogens with zero attached hydrogens (tertiary/aromatic N) is 2. The van der Waals surface area contributed by atoms with E-state index in [0.717, 1.165) is 11.1 Å². The number of benzene rings is 2. The molecule has 0 heterocycles. The Morgan fingerprint density at radius 1 is 1.12 bits per heavy atom. The summed E-state index contributed by atoms with van der Waals surface area (Å²) in [5, 5.41) is 8.41. The van der Waals surface area contributed by atoms with Crippen LogP contribution >= 0.6 is 0 Å². The number of hydrogen-bond acceptors (Lipinski definition) is 5. The zero-order valence-corrected chi connectivity index (χ0v) is 15.4. The van der Waals surface area contributed by atoms with Crippen molar-refractivity contribution in [1.29, 1.82) is 0 Å². The van der Waals surface area contributed by atoms with Gasteiger partial charge in [0.2, 0.25) is 11.3 Å². The molecule has 0 amide bonds. The molecule has 3 rings (SSSR count). The molecular weight excluding hydrogens is 328 g/mol. The van der Waals surface area contributed by atoms with E-state index in [4.69, 9.17) is 4.74 Å². The average Bonchev–Trinajstić information content (AvgIpc) is 2.86. The van der Waals surface area contributed by atoms with Crippen LogP contribution in [-0.2, 0) is 16.0 Å². The Labute approximate surface area is 153 Å². The fourth-order valence-electron chi connectivity index (χ4n) is 2.92. The molecule has 1 aliphatic rings. The van der Waals surface area contributed by atoms with E-state index in [1.807, 2.05) is 37.3 Å². The molecule has 0 saturated heterocycles. The minimum Gasteiger partial charge on any atom is -0.458 e. The Hall–Kier alpha value is -2.82. The Morgan fingerprint density at radius 3 is 2.46 bits per heavy atom. The lowest BCUT2D eigenvalue weighted by molar-refractivity contribution is -0.159. The summed E-state index contributed by atoms with van der Waals surface area (Å²) in [5.41, 5.74) is 0.449. The van der Waals surface area contributed by atoms with Crippen molar-refractivity contribution in [3.63, 3.8) is 0 Å². The highest BCUT2D eigenvalue weighted by molar-refractivity contribution is 6.20. The molecule has 0 aromatic heterocycles. The van der Waals surface area contributed by atoms with Crippen molar-refractivity contribution in [2.75, 3.05) is 0 Å². The molecule has 1 aliphatic carbocycles. The normalized spacial score (nSPS) is 19.6. The fourth-order valence-corrected chi connectivity index (χ4v) is 2.92. The molecule has 2 aromatic rings. The van der Waals surface area contributed by atoms with Crippen LogP contribution in [0.4, 0.5) is 5.69 Å². The number of esters is 1. The molecule has 1 atom stereocenters. The lowest BCUT2D eigenvalue weighted by Crippen LogP contribution is -2.46. The summed E-state index contributed by atoms with van der Waals surface area (Å²) in [6.07, 6.45) is 0.159. The smallest absolute Gasteiger partial charge is 0.345 e. The molecule has 5 nitrogen and oxygen atoms in total. The molecule has 0 radical (unpaired) electrons. The maximum atomic E-state index is 13.2. The van der Waals surface area contributed by atoms with Crippen molar-refractivity contribution >= 4 is 17.4 Å². The SMILES string of the molecule is Cc1ccc2c(c1)C(=O)[C@@](N=Nc1ccccc1)(C(=O)OC(C)(C)C)C2. The van der Waals surface area contributed by atoms with Crippen LogP contribution in [-0.4, -0.2) is 22.9 Å². The second-order valence-electron chi connectivity index (χ2n) is 7.56. The molecule has 134 valence electrons. The van der Waals surface area contributed by atoms with Gasteiger partial charge in [-0.3, -0.25) is 4.79 Å². The van der Waals surface area contributed by atoms with Gasteiger partial charge in [0.25, 0.3) is 0 Å². The quantitative estimate of drug-likeness (QED) is 0.461. The zero-order chi connectivity index (χ0) is 18.9. The van der Waals surface area contributed by atoms with Gasteiger partial charge in [0.05, 0.1) is 5.69 Å². The Kier molecular flexibility index (Phi) is 4.48. The van der Waals surface area contributed by atoms with Gasteiger partial charge in [-0.05, 0) is 51.5 Å². The number of ether oxygens (including phenoxy) is 1. The second kappa shape index (κ2) is 6.48. The number of hydrogen-bond donors (Lipinski definition) is 0. The van der Waals surface area contributed by atoms with Crippen molar-refractivity contribution in [1.82, 2.24) is 0 Å². The number of rotatable bonds is 3. The van der Waals surface area contributed by atoms with E-state index in [1.54, 1.807) is 39.0 Å². The van der Waals surface area contributed by atoms with E-state index < -0.39 is 17.1 Å². The first-order valence-corrected chi connectivity index (χ1v) is 8.57. The summed E-state index contributed by atoms with van der Waals surface area (Å²) < 4.78 is 5.53. The summed E-state index contributed by atoms with van der Waals surface area (Å²) in [4.78, 5) is 26.1. The largest absolute Gasteiger partial charge is 0.458 e. The van der Waals surface area contributed by atoms with Crippen molar-refractivity contribution in [2.45, 2.75) is 45.3 Å². The van der Waals surface area contributed by atoms with Crippen LogP contribution in [0.15, 0.2) is 58.8 Å². The van der Waals surface area contributed by atoms with Crippen molar-refractivity contribution in [3.05, 3.63) is 65.2 Å². The van der Waals surface area contributed by atoms with Gasteiger partial charge in [-0.2, -0.15) is 10.2 Å². The zero-order valence-electron chi connectivity index (χ0n) is 15.4. The Morgan fingerprint density at radius 2 is 1.81 bits per heavy atom. The molecule has 0 unspecified atom stereocenters. The maximum Gasteiger partial charge on any atom is 0.345 e. The number of aryl methyl sites for hydroxylation is 1. The molecule has 0 N–H and O–H groups in total. The topological polar surface area (TPSA) is 68.1 Å². The van der Waals surface area contributed by atoms with Gasteiger partial charge in [-0.1, -0.05) is 35.9 Å². The van der Waals surface area contributed by atoms with Gasteiger partial charge >= 0.3 is 5.97 Å². The molecule has 26 heavy (non-hydrogen) atoms. The van der Waals surface area contributed by atoms with Gasteiger partial charge < -0.3 is 4.74 Å². The molecule has 2 aromatic carbocycles. The predicted molar refractivity (Wildman–Crippen MR) is 98.7 cm³/mol. The summed E-state index contributed by atoms with van der Waals surface area (Å²) in [6.45, 7) is 7.21. The van der Waals surface area contributed by atoms with Crippen LogP contribution in [0.3, 0.4) is 0 Å². The van der Waals surface area contributed by atoms with Crippen LogP contribution in [0.25, 0.3) is 0 Å². The first kappa shape index (κ1) is 18.0. The summed E-state index contributed by atoms with van der Waals surface area (Å²) >= 11 is 0. The van der Waals surface area contributed by atoms with Crippen LogP contribution in [0, 0.1) is 6.92 Å². The maximum absolute atomic E-state index is 13.2. The minimum atomic E-state index is -1.67. The lowest BCUT2D eigenvalue weighted by Gasteiger charge is -2.26. The van der Waals surface area contributed by atoms with E-state index in [-0.39, 0.29) is 12.2 Å². The third-order valence-electron chi connectivity index (χ3n) is 4.16. The van der Waals surface area contributed by atoms with Crippen LogP contribution in [0.2, 0.25) is 0 Å². The molecule has 0 bridgehead atoms. The van der Waals surface area contributed by atoms with E-state index in [2.05, 4.69) is 10.2 Å². The number of azo groups is 1. The summed E-state index contributed by atoms with van der Waals surface area (Å²) in [6, 6.07) is 14.6. The van der Waals surface area contributed by atoms with Crippen molar-refractivity contribution < 1.29 is 14.3 Å².